The van der Waals surface area contributed by atoms with Crippen molar-refractivity contribution in [3.05, 3.63) is 29.8 Å². The van der Waals surface area contributed by atoms with Crippen LogP contribution in [0.2, 0.25) is 0 Å². The Morgan fingerprint density at radius 3 is 2.06 bits per heavy atom. The average Bonchev–Trinajstić information content (AvgIpc) is 2.83. The molecule has 0 spiro atoms. The molecular formula is C25H38FNO5. The Balaban J connectivity index is 1.13. The number of ether oxygens (including phenoxy) is 2. The average molecular weight is 452 g/mol. The molecule has 3 aliphatic carbocycles. The van der Waals surface area contributed by atoms with Crippen molar-refractivity contribution < 1.29 is 28.7 Å². The lowest BCUT2D eigenvalue weighted by atomic mass is 9.70. The zero-order chi connectivity index (χ0) is 22.2. The summed E-state index contributed by atoms with van der Waals surface area (Å²) in [5.41, 5.74) is 6.76. The van der Waals surface area contributed by atoms with Gasteiger partial charge >= 0.3 is 0 Å². The summed E-state index contributed by atoms with van der Waals surface area (Å²) in [5, 5.41) is 0. The lowest BCUT2D eigenvalue weighted by molar-refractivity contribution is -0.364. The van der Waals surface area contributed by atoms with E-state index in [9.17, 15) is 4.53 Å². The van der Waals surface area contributed by atoms with Crippen molar-refractivity contribution in [2.75, 3.05) is 26.4 Å². The maximum absolute atomic E-state index is 12.6. The third-order valence-corrected chi connectivity index (χ3v) is 7.29. The molecule has 0 heterocycles. The number of benzene rings is 1. The van der Waals surface area contributed by atoms with Crippen LogP contribution in [0.1, 0.15) is 69.3 Å². The molecule has 6 nitrogen and oxygen atoms in total. The minimum atomic E-state index is -0.216. The maximum atomic E-state index is 12.6. The molecule has 2 atom stereocenters. The van der Waals surface area contributed by atoms with Crippen molar-refractivity contribution in [1.82, 2.24) is 0 Å². The van der Waals surface area contributed by atoms with Crippen molar-refractivity contribution in [3.63, 3.8) is 0 Å². The molecule has 2 bridgehead atoms. The van der Waals surface area contributed by atoms with E-state index in [0.29, 0.717) is 44.1 Å². The second-order valence-corrected chi connectivity index (χ2v) is 9.73. The van der Waals surface area contributed by atoms with E-state index in [4.69, 9.17) is 25.0 Å². The Morgan fingerprint density at radius 1 is 0.750 bits per heavy atom. The van der Waals surface area contributed by atoms with E-state index in [1.807, 2.05) is 12.1 Å². The van der Waals surface area contributed by atoms with E-state index in [2.05, 4.69) is 17.1 Å². The first-order valence-electron chi connectivity index (χ1n) is 12.3. The number of fused-ring (bicyclic) bond motifs is 2. The van der Waals surface area contributed by atoms with Gasteiger partial charge < -0.3 is 15.2 Å². The summed E-state index contributed by atoms with van der Waals surface area (Å²) < 4.78 is 23.6. The van der Waals surface area contributed by atoms with Gasteiger partial charge in [0.2, 0.25) is 0 Å². The number of rotatable bonds is 11. The second-order valence-electron chi connectivity index (χ2n) is 9.73. The molecule has 0 aromatic heterocycles. The highest BCUT2D eigenvalue weighted by Gasteiger charge is 2.38. The second kappa shape index (κ2) is 12.3. The number of hydrogen-bond donors (Lipinski definition) is 1. The molecule has 0 radical (unpaired) electrons. The van der Waals surface area contributed by atoms with E-state index >= 15 is 0 Å². The first-order valence-corrected chi connectivity index (χ1v) is 12.3. The minimum Gasteiger partial charge on any atom is -0.491 e. The van der Waals surface area contributed by atoms with Gasteiger partial charge in [-0.05, 0) is 97.8 Å². The first-order chi connectivity index (χ1) is 15.7. The van der Waals surface area contributed by atoms with Crippen molar-refractivity contribution in [2.45, 2.75) is 82.0 Å². The van der Waals surface area contributed by atoms with Crippen LogP contribution in [0.4, 0.5) is 4.53 Å². The Bertz CT molecular complexity index is 653. The number of nitrogens with two attached hydrogens (primary N) is 1. The van der Waals surface area contributed by atoms with Gasteiger partial charge in [-0.1, -0.05) is 12.1 Å². The highest BCUT2D eigenvalue weighted by atomic mass is 19.3. The zero-order valence-corrected chi connectivity index (χ0v) is 19.0. The third kappa shape index (κ3) is 6.87. The van der Waals surface area contributed by atoms with Gasteiger partial charge in [-0.2, -0.15) is 4.94 Å². The lowest BCUT2D eigenvalue weighted by Gasteiger charge is -2.40. The van der Waals surface area contributed by atoms with Crippen molar-refractivity contribution in [1.29, 1.82) is 0 Å². The topological polar surface area (TPSA) is 72.2 Å². The van der Waals surface area contributed by atoms with Crippen LogP contribution in [0.15, 0.2) is 24.3 Å². The van der Waals surface area contributed by atoms with E-state index in [0.717, 1.165) is 57.1 Å². The zero-order valence-electron chi connectivity index (χ0n) is 19.0. The summed E-state index contributed by atoms with van der Waals surface area (Å²) in [4.78, 5) is 15.9. The molecule has 2 unspecified atom stereocenters. The fourth-order valence-corrected chi connectivity index (χ4v) is 5.77. The monoisotopic (exact) mass is 451 g/mol. The SMILES string of the molecule is NCCOCCOc1ccc(C2CCC(OOC3CC4CC(CC(OF)C4)C3)CC2)cc1. The normalized spacial score (nSPS) is 32.6. The van der Waals surface area contributed by atoms with Crippen LogP contribution in [0.25, 0.3) is 0 Å². The summed E-state index contributed by atoms with van der Waals surface area (Å²) in [6.45, 7) is 2.19. The van der Waals surface area contributed by atoms with Crippen LogP contribution in [-0.4, -0.2) is 44.7 Å². The van der Waals surface area contributed by atoms with E-state index < -0.39 is 0 Å². The van der Waals surface area contributed by atoms with Crippen LogP contribution in [0, 0.1) is 11.8 Å². The highest BCUT2D eigenvalue weighted by molar-refractivity contribution is 5.29. The van der Waals surface area contributed by atoms with Crippen LogP contribution >= 0.6 is 0 Å². The molecular weight excluding hydrogens is 413 g/mol. The lowest BCUT2D eigenvalue weighted by Crippen LogP contribution is -2.37. The molecule has 3 saturated carbocycles. The van der Waals surface area contributed by atoms with Gasteiger partial charge in [0.15, 0.2) is 0 Å². The first kappa shape index (κ1) is 23.9. The molecule has 2 N–H and O–H groups in total. The summed E-state index contributed by atoms with van der Waals surface area (Å²) in [6, 6.07) is 8.44. The molecule has 7 heteroatoms. The predicted octanol–water partition coefficient (Wildman–Crippen LogP) is 4.86. The molecule has 0 aliphatic heterocycles. The van der Waals surface area contributed by atoms with Gasteiger partial charge in [0.25, 0.3) is 0 Å². The van der Waals surface area contributed by atoms with Crippen molar-refractivity contribution >= 4 is 0 Å². The number of hydrogen-bond acceptors (Lipinski definition) is 6. The van der Waals surface area contributed by atoms with Gasteiger partial charge in [-0.25, -0.2) is 9.78 Å². The summed E-state index contributed by atoms with van der Waals surface area (Å²) in [7, 11) is 0. The molecule has 0 saturated heterocycles. The Labute approximate surface area is 190 Å². The molecule has 1 aromatic carbocycles. The van der Waals surface area contributed by atoms with E-state index in [1.54, 1.807) is 0 Å². The quantitative estimate of drug-likeness (QED) is 0.294. The van der Waals surface area contributed by atoms with Gasteiger partial charge in [0.1, 0.15) is 12.4 Å². The van der Waals surface area contributed by atoms with Crippen LogP contribution < -0.4 is 10.5 Å². The molecule has 3 fully saturated rings. The molecule has 4 rings (SSSR count). The van der Waals surface area contributed by atoms with Gasteiger partial charge in [-0.15, -0.1) is 0 Å². The van der Waals surface area contributed by atoms with Gasteiger partial charge in [0, 0.05) is 6.54 Å². The van der Waals surface area contributed by atoms with Crippen LogP contribution in [-0.2, 0) is 19.5 Å². The number of halogens is 1. The summed E-state index contributed by atoms with van der Waals surface area (Å²) in [6.07, 6.45) is 9.04. The Hall–Kier alpha value is -1.25. The fourth-order valence-electron chi connectivity index (χ4n) is 5.77. The molecule has 32 heavy (non-hydrogen) atoms. The molecule has 3 aliphatic rings. The maximum Gasteiger partial charge on any atom is 0.119 e. The van der Waals surface area contributed by atoms with E-state index in [1.165, 1.54) is 12.0 Å². The smallest absolute Gasteiger partial charge is 0.119 e. The predicted molar refractivity (Wildman–Crippen MR) is 119 cm³/mol. The standard InChI is InChI=1S/C25H38FNO5/c26-30-24-14-18-13-19(15-24)17-25(16-18)32-31-23-7-3-21(4-8-23)20-1-5-22(6-2-20)29-12-11-28-10-9-27/h1-2,5-6,18-19,21,23-25H,3-4,7-17,27H2. The van der Waals surface area contributed by atoms with Crippen LogP contribution in [0.3, 0.4) is 0 Å². The Kier molecular flexibility index (Phi) is 9.17. The summed E-state index contributed by atoms with van der Waals surface area (Å²) >= 11 is 0. The van der Waals surface area contributed by atoms with Crippen molar-refractivity contribution in [2.24, 2.45) is 17.6 Å². The van der Waals surface area contributed by atoms with Crippen molar-refractivity contribution in [3.8, 4) is 5.75 Å². The third-order valence-electron chi connectivity index (χ3n) is 7.29. The molecule has 1 aromatic rings. The van der Waals surface area contributed by atoms with Crippen LogP contribution in [0.5, 0.6) is 5.75 Å². The minimum absolute atomic E-state index is 0.144. The molecule has 180 valence electrons. The van der Waals surface area contributed by atoms with Gasteiger partial charge in [-0.3, -0.25) is 0 Å². The fraction of sp³-hybridized carbons (Fsp3) is 0.760. The summed E-state index contributed by atoms with van der Waals surface area (Å²) in [5.74, 6) is 2.43. The van der Waals surface area contributed by atoms with E-state index in [-0.39, 0.29) is 18.3 Å². The molecule has 0 amide bonds. The highest BCUT2D eigenvalue weighted by Crippen LogP contribution is 2.42. The Morgan fingerprint density at radius 2 is 1.41 bits per heavy atom. The largest absolute Gasteiger partial charge is 0.491 e. The van der Waals surface area contributed by atoms with Gasteiger partial charge in [0.05, 0.1) is 31.5 Å².